The number of halogens is 1. The van der Waals surface area contributed by atoms with Gasteiger partial charge < -0.3 is 14.6 Å². The first-order chi connectivity index (χ1) is 11.8. The maximum absolute atomic E-state index is 12.9. The van der Waals surface area contributed by atoms with Crippen LogP contribution in [0.3, 0.4) is 0 Å². The van der Waals surface area contributed by atoms with Gasteiger partial charge in [0.1, 0.15) is 11.5 Å². The molecule has 7 heteroatoms. The number of hydrogen-bond donors (Lipinski definition) is 1. The predicted octanol–water partition coefficient (Wildman–Crippen LogP) is 2.51. The zero-order valence-corrected chi connectivity index (χ0v) is 14.5. The van der Waals surface area contributed by atoms with Crippen LogP contribution in [0.15, 0.2) is 24.3 Å². The third kappa shape index (κ3) is 3.76. The van der Waals surface area contributed by atoms with Crippen molar-refractivity contribution in [3.63, 3.8) is 0 Å². The molecule has 0 aliphatic heterocycles. The van der Waals surface area contributed by atoms with Crippen molar-refractivity contribution >= 4 is 17.7 Å². The highest BCUT2D eigenvalue weighted by Crippen LogP contribution is 2.20. The van der Waals surface area contributed by atoms with Crippen LogP contribution >= 0.6 is 0 Å². The molecule has 0 aliphatic rings. The summed E-state index contributed by atoms with van der Waals surface area (Å²) < 4.78 is 17.6. The van der Waals surface area contributed by atoms with Gasteiger partial charge in [0.2, 0.25) is 0 Å². The van der Waals surface area contributed by atoms with E-state index in [-0.39, 0.29) is 23.6 Å². The number of nitrogens with zero attached hydrogens (tertiary/aromatic N) is 1. The summed E-state index contributed by atoms with van der Waals surface area (Å²) in [5.74, 6) is -1.70. The number of esters is 1. The van der Waals surface area contributed by atoms with Gasteiger partial charge in [-0.1, -0.05) is 0 Å². The van der Waals surface area contributed by atoms with E-state index in [9.17, 15) is 18.8 Å². The molecule has 25 heavy (non-hydrogen) atoms. The highest BCUT2D eigenvalue weighted by atomic mass is 19.1. The molecular weight excluding hydrogens is 327 g/mol. The average molecular weight is 346 g/mol. The van der Waals surface area contributed by atoms with Gasteiger partial charge in [-0.2, -0.15) is 0 Å². The van der Waals surface area contributed by atoms with E-state index in [1.807, 2.05) is 0 Å². The van der Waals surface area contributed by atoms with Gasteiger partial charge in [0.15, 0.2) is 5.78 Å². The van der Waals surface area contributed by atoms with E-state index < -0.39 is 17.7 Å². The molecule has 0 aliphatic carbocycles. The summed E-state index contributed by atoms with van der Waals surface area (Å²) >= 11 is 0. The highest BCUT2D eigenvalue weighted by molar-refractivity contribution is 6.05. The number of carbonyl (C=O) groups is 3. The number of benzene rings is 1. The fourth-order valence-corrected chi connectivity index (χ4v) is 2.65. The van der Waals surface area contributed by atoms with Crippen molar-refractivity contribution < 1.29 is 23.5 Å². The van der Waals surface area contributed by atoms with Crippen LogP contribution in [-0.4, -0.2) is 48.2 Å². The Kier molecular flexibility index (Phi) is 5.36. The smallest absolute Gasteiger partial charge is 0.354 e. The molecule has 0 saturated carbocycles. The van der Waals surface area contributed by atoms with Gasteiger partial charge in [0, 0.05) is 23.9 Å². The number of ketones is 1. The van der Waals surface area contributed by atoms with Crippen molar-refractivity contribution in [1.82, 2.24) is 9.88 Å². The second-order valence-corrected chi connectivity index (χ2v) is 5.71. The number of methoxy groups -OCH3 is 1. The van der Waals surface area contributed by atoms with Crippen LogP contribution in [0, 0.1) is 19.7 Å². The lowest BCUT2D eigenvalue weighted by Gasteiger charge is -2.16. The predicted molar refractivity (Wildman–Crippen MR) is 89.3 cm³/mol. The molecule has 6 nitrogen and oxygen atoms in total. The first-order valence-corrected chi connectivity index (χ1v) is 7.58. The number of likely N-dealkylation sites (N-methyl/N-ethyl adjacent to an activating group) is 1. The molecule has 132 valence electrons. The number of Topliss-reactive ketones (excluding diaryl/α,β-unsaturated/α-hetero) is 1. The standard InChI is InChI=1S/C18H19FN2O4/c1-10-15(11(2)20-16(10)18(24)25-4)14(22)9-21(3)17(23)12-5-7-13(19)8-6-12/h5-8,20H,9H2,1-4H3. The molecule has 0 saturated heterocycles. The second-order valence-electron chi connectivity index (χ2n) is 5.71. The van der Waals surface area contributed by atoms with Crippen LogP contribution in [0.5, 0.6) is 0 Å². The van der Waals surface area contributed by atoms with Gasteiger partial charge >= 0.3 is 5.97 Å². The molecule has 2 rings (SSSR count). The van der Waals surface area contributed by atoms with E-state index in [0.29, 0.717) is 16.8 Å². The van der Waals surface area contributed by atoms with Gasteiger partial charge in [-0.15, -0.1) is 0 Å². The van der Waals surface area contributed by atoms with E-state index in [4.69, 9.17) is 0 Å². The first kappa shape index (κ1) is 18.4. The Hall–Kier alpha value is -2.96. The Bertz CT molecular complexity index is 824. The second kappa shape index (κ2) is 7.29. The van der Waals surface area contributed by atoms with Crippen molar-refractivity contribution in [2.45, 2.75) is 13.8 Å². The fraction of sp³-hybridized carbons (Fsp3) is 0.278. The van der Waals surface area contributed by atoms with Crippen molar-refractivity contribution in [2.75, 3.05) is 20.7 Å². The monoisotopic (exact) mass is 346 g/mol. The van der Waals surface area contributed by atoms with Crippen molar-refractivity contribution in [2.24, 2.45) is 0 Å². The minimum atomic E-state index is -0.560. The van der Waals surface area contributed by atoms with E-state index in [1.165, 1.54) is 43.3 Å². The lowest BCUT2D eigenvalue weighted by Crippen LogP contribution is -2.32. The molecule has 1 N–H and O–H groups in total. The minimum Gasteiger partial charge on any atom is -0.464 e. The first-order valence-electron chi connectivity index (χ1n) is 7.58. The largest absolute Gasteiger partial charge is 0.464 e. The third-order valence-corrected chi connectivity index (χ3v) is 3.92. The zero-order valence-electron chi connectivity index (χ0n) is 14.5. The lowest BCUT2D eigenvalue weighted by molar-refractivity contribution is 0.0593. The number of rotatable bonds is 5. The highest BCUT2D eigenvalue weighted by Gasteiger charge is 2.24. The summed E-state index contributed by atoms with van der Waals surface area (Å²) in [6.07, 6.45) is 0. The Morgan fingerprint density at radius 2 is 1.76 bits per heavy atom. The molecule has 1 aromatic carbocycles. The summed E-state index contributed by atoms with van der Waals surface area (Å²) in [5.41, 5.74) is 1.88. The summed E-state index contributed by atoms with van der Waals surface area (Å²) in [6, 6.07) is 5.10. The molecule has 1 aromatic heterocycles. The minimum absolute atomic E-state index is 0.170. The van der Waals surface area contributed by atoms with Crippen LogP contribution in [0.2, 0.25) is 0 Å². The number of aryl methyl sites for hydroxylation is 1. The van der Waals surface area contributed by atoms with Gasteiger partial charge in [-0.05, 0) is 43.7 Å². The van der Waals surface area contributed by atoms with Crippen molar-refractivity contribution in [1.29, 1.82) is 0 Å². The Morgan fingerprint density at radius 1 is 1.16 bits per heavy atom. The Labute approximate surface area is 144 Å². The Morgan fingerprint density at radius 3 is 2.32 bits per heavy atom. The molecule has 0 fully saturated rings. The third-order valence-electron chi connectivity index (χ3n) is 3.92. The molecular formula is C18H19FN2O4. The quantitative estimate of drug-likeness (QED) is 0.666. The maximum Gasteiger partial charge on any atom is 0.354 e. The fourth-order valence-electron chi connectivity index (χ4n) is 2.65. The number of hydrogen-bond acceptors (Lipinski definition) is 4. The molecule has 2 aromatic rings. The molecule has 1 heterocycles. The van der Waals surface area contributed by atoms with Crippen LogP contribution < -0.4 is 0 Å². The lowest BCUT2D eigenvalue weighted by atomic mass is 10.0. The van der Waals surface area contributed by atoms with E-state index in [1.54, 1.807) is 13.8 Å². The van der Waals surface area contributed by atoms with Crippen LogP contribution in [0.25, 0.3) is 0 Å². The molecule has 0 radical (unpaired) electrons. The molecule has 0 bridgehead atoms. The van der Waals surface area contributed by atoms with Gasteiger partial charge in [0.05, 0.1) is 13.7 Å². The molecule has 0 spiro atoms. The number of carbonyl (C=O) groups excluding carboxylic acids is 3. The molecule has 0 unspecified atom stereocenters. The SMILES string of the molecule is COC(=O)c1[nH]c(C)c(C(=O)CN(C)C(=O)c2ccc(F)cc2)c1C. The molecule has 1 amide bonds. The summed E-state index contributed by atoms with van der Waals surface area (Å²) in [7, 11) is 2.75. The van der Waals surface area contributed by atoms with E-state index in [2.05, 4.69) is 9.72 Å². The number of aromatic nitrogens is 1. The van der Waals surface area contributed by atoms with E-state index >= 15 is 0 Å². The van der Waals surface area contributed by atoms with Crippen LogP contribution in [0.4, 0.5) is 4.39 Å². The van der Waals surface area contributed by atoms with Gasteiger partial charge in [-0.25, -0.2) is 9.18 Å². The van der Waals surface area contributed by atoms with Crippen molar-refractivity contribution in [3.8, 4) is 0 Å². The van der Waals surface area contributed by atoms with Gasteiger partial charge in [-0.3, -0.25) is 9.59 Å². The normalized spacial score (nSPS) is 10.4. The average Bonchev–Trinajstić information content (AvgIpc) is 2.88. The summed E-state index contributed by atoms with van der Waals surface area (Å²) in [4.78, 5) is 40.7. The number of amides is 1. The summed E-state index contributed by atoms with van der Waals surface area (Å²) in [5, 5.41) is 0. The van der Waals surface area contributed by atoms with Gasteiger partial charge in [0.25, 0.3) is 5.91 Å². The topological polar surface area (TPSA) is 79.5 Å². The maximum atomic E-state index is 12.9. The Balaban J connectivity index is 2.19. The number of ether oxygens (including phenoxy) is 1. The number of nitrogens with one attached hydrogen (secondary N) is 1. The molecule has 0 atom stereocenters. The van der Waals surface area contributed by atoms with Crippen molar-refractivity contribution in [3.05, 3.63) is 58.2 Å². The number of H-pyrrole nitrogens is 1. The zero-order chi connectivity index (χ0) is 18.7. The van der Waals surface area contributed by atoms with Crippen LogP contribution in [0.1, 0.15) is 42.5 Å². The van der Waals surface area contributed by atoms with E-state index in [0.717, 1.165) is 0 Å². The number of aromatic amines is 1. The summed E-state index contributed by atoms with van der Waals surface area (Å²) in [6.45, 7) is 3.15. The van der Waals surface area contributed by atoms with Crippen LogP contribution in [-0.2, 0) is 4.74 Å².